The molecule has 0 unspecified atom stereocenters. The van der Waals surface area contributed by atoms with Gasteiger partial charge in [-0.05, 0) is 223 Å². The Morgan fingerprint density at radius 3 is 0.743 bits per heavy atom. The normalized spacial score (nSPS) is 15.5. The number of benzene rings is 3. The Kier molecular flexibility index (Phi) is 33.6. The van der Waals surface area contributed by atoms with Crippen molar-refractivity contribution in [3.05, 3.63) is 93.6 Å². The molecule has 0 atom stereocenters. The van der Waals surface area contributed by atoms with Gasteiger partial charge in [0.1, 0.15) is 0 Å². The number of rotatable bonds is 39. The maximum atomic E-state index is 6.44. The Morgan fingerprint density at radius 1 is 0.330 bits per heavy atom. The zero-order valence-corrected chi connectivity index (χ0v) is 84.4. The van der Waals surface area contributed by atoms with Gasteiger partial charge in [0.2, 0.25) is 0 Å². The fourth-order valence-electron chi connectivity index (χ4n) is 28.7. The molecule has 3 nitrogen and oxygen atoms in total. The minimum Gasteiger partial charge on any atom is -0.502 e. The van der Waals surface area contributed by atoms with E-state index in [-0.39, 0.29) is 81.9 Å². The van der Waals surface area contributed by atoms with Crippen molar-refractivity contribution < 1.29 is 18.3 Å². The van der Waals surface area contributed by atoms with Gasteiger partial charge < -0.3 is 9.80 Å². The van der Waals surface area contributed by atoms with Crippen LogP contribution in [0.15, 0.2) is 42.5 Å². The quantitative estimate of drug-likeness (QED) is 0.0418. The molecule has 109 heavy (non-hydrogen) atoms. The van der Waals surface area contributed by atoms with Crippen molar-refractivity contribution in [2.75, 3.05) is 22.9 Å². The van der Waals surface area contributed by atoms with E-state index in [9.17, 15) is 0 Å². The number of halogens is 2. The summed E-state index contributed by atoms with van der Waals surface area (Å²) in [5.74, 6) is 0.873. The zero-order chi connectivity index (χ0) is 85.2. The van der Waals surface area contributed by atoms with Crippen LogP contribution < -0.4 is 14.5 Å². The summed E-state index contributed by atoms with van der Waals surface area (Å²) in [7, 11) is 12.9. The molecule has 0 N–H and O–H groups in total. The van der Waals surface area contributed by atoms with E-state index in [2.05, 4.69) is 371 Å². The van der Waals surface area contributed by atoms with Gasteiger partial charge in [0.15, 0.2) is 0 Å². The first-order valence-corrected chi connectivity index (χ1v) is 48.7. The van der Waals surface area contributed by atoms with Crippen molar-refractivity contribution in [1.82, 2.24) is 0 Å². The number of aryl methyl sites for hydroxylation is 6. The molecule has 0 spiro atoms. The van der Waals surface area contributed by atoms with E-state index in [4.69, 9.17) is 24.1 Å². The molecule has 3 aromatic rings. The van der Waals surface area contributed by atoms with E-state index in [0.717, 1.165) is 30.8 Å². The monoisotopic (exact) mass is 1640 g/mol. The van der Waals surface area contributed by atoms with Gasteiger partial charge in [0, 0.05) is 24.5 Å². The molecule has 0 aliphatic carbocycles. The van der Waals surface area contributed by atoms with Crippen LogP contribution in [0.25, 0.3) is 0 Å². The maximum Gasteiger partial charge on any atom is 0.0146 e. The molecule has 0 aromatic heterocycles. The van der Waals surface area contributed by atoms with Gasteiger partial charge in [-0.25, -0.2) is 0 Å². The number of ether oxygens (including phenoxy) is 1. The fourth-order valence-corrected chi connectivity index (χ4v) is 30.5. The second-order valence-corrected chi connectivity index (χ2v) is 58.0. The molecular formula is C103H183Cl2N2ORu-. The van der Waals surface area contributed by atoms with E-state index in [1.54, 1.807) is 0 Å². The van der Waals surface area contributed by atoms with Crippen LogP contribution in [0.1, 0.15) is 424 Å². The van der Waals surface area contributed by atoms with E-state index < -0.39 is 13.5 Å². The van der Waals surface area contributed by atoms with Crippen molar-refractivity contribution in [2.24, 2.45) is 92.1 Å². The molecule has 0 bridgehead atoms. The van der Waals surface area contributed by atoms with Crippen LogP contribution in [0.5, 0.6) is 5.75 Å². The first-order valence-electron chi connectivity index (χ1n) is 43.3. The Labute approximate surface area is 695 Å². The van der Waals surface area contributed by atoms with Crippen molar-refractivity contribution in [1.29, 1.82) is 0 Å². The predicted molar refractivity (Wildman–Crippen MR) is 491 cm³/mol. The number of nitrogens with zero attached hydrogens (tertiary/aromatic N) is 2. The van der Waals surface area contributed by atoms with E-state index in [0.29, 0.717) is 21.7 Å². The van der Waals surface area contributed by atoms with Gasteiger partial charge in [0.05, 0.1) is 0 Å². The van der Waals surface area contributed by atoms with Crippen LogP contribution in [-0.4, -0.2) is 23.8 Å². The average molecular weight is 1640 g/mol. The van der Waals surface area contributed by atoms with Crippen molar-refractivity contribution >= 4 is 35.4 Å². The van der Waals surface area contributed by atoms with Crippen LogP contribution >= 0.6 is 19.4 Å². The van der Waals surface area contributed by atoms with Crippen LogP contribution in [0.2, 0.25) is 0 Å². The Balaban J connectivity index is 0.00000112. The van der Waals surface area contributed by atoms with Crippen molar-refractivity contribution in [2.45, 2.75) is 432 Å². The third kappa shape index (κ3) is 37.1. The molecule has 1 saturated heterocycles. The van der Waals surface area contributed by atoms with E-state index >= 15 is 0 Å². The summed E-state index contributed by atoms with van der Waals surface area (Å²) in [6, 6.07) is 15.8. The predicted octanol–water partition coefficient (Wildman–Crippen LogP) is 33.9. The first-order chi connectivity index (χ1) is 48.1. The molecule has 0 amide bonds. The topological polar surface area (TPSA) is 15.7 Å². The van der Waals surface area contributed by atoms with Crippen LogP contribution in [0.4, 0.5) is 11.4 Å². The molecule has 1 aliphatic rings. The summed E-state index contributed by atoms with van der Waals surface area (Å²) in [6.07, 6.45) is 21.2. The zero-order valence-electron chi connectivity index (χ0n) is 81.1. The third-order valence-corrected chi connectivity index (χ3v) is 25.2. The third-order valence-electron chi connectivity index (χ3n) is 23.3. The second-order valence-electron chi connectivity index (χ2n) is 52.3. The summed E-state index contributed by atoms with van der Waals surface area (Å²) in [5.41, 5.74) is 17.5. The number of hydrogen-bond donors (Lipinski definition) is 0. The van der Waals surface area contributed by atoms with Gasteiger partial charge in [0.25, 0.3) is 0 Å². The van der Waals surface area contributed by atoms with Crippen LogP contribution in [0, 0.1) is 140 Å². The molecular weight excluding hydrogens is 1450 g/mol. The van der Waals surface area contributed by atoms with E-state index in [1.165, 1.54) is 153 Å². The second kappa shape index (κ2) is 36.2. The minimum absolute atomic E-state index is 0.0276. The molecule has 1 aliphatic heterocycles. The molecule has 1 heterocycles. The molecule has 1 fully saturated rings. The van der Waals surface area contributed by atoms with Crippen LogP contribution in [-0.2, 0) is 18.9 Å². The summed E-state index contributed by atoms with van der Waals surface area (Å²) < 4.78 is 8.22. The van der Waals surface area contributed by atoms with Crippen LogP contribution in [0.3, 0.4) is 0 Å². The summed E-state index contributed by atoms with van der Waals surface area (Å²) in [4.78, 5) is 4.81. The van der Waals surface area contributed by atoms with Crippen molar-refractivity contribution in [3.8, 4) is 5.75 Å². The largest absolute Gasteiger partial charge is 0.502 e. The fraction of sp³-hybridized carbons (Fsp3) is 0.806. The molecule has 634 valence electrons. The first kappa shape index (κ1) is 101. The minimum atomic E-state index is -2.03. The maximum absolute atomic E-state index is 6.44. The molecule has 0 radical (unpaired) electrons. The van der Waals surface area contributed by atoms with Gasteiger partial charge in [-0.15, -0.1) is 0 Å². The summed E-state index contributed by atoms with van der Waals surface area (Å²) in [6.45, 7) is 116. The molecule has 4 rings (SSSR count). The SMILES string of the molecule is CC(C)Oc1ccc(C(C)(C)CC(C)(C)CC(C)(C)CC(C)(C)CC(C)(C)CC(C)(C)CC(C)(C)CC(C)(C)CC(C)(C)CC(C)(C)CC(C)(C)CC(C)(C)CC(C)(C)CC(C)(C)CC(C)(C)CC(C)(C)CC(C)(C)CC(C)(C)C)cc1[CH]=[Ru]([Cl])[Cl].Cc1cc(C)c(N2[CH-]N(c3c(C)cc(C)cc3C)CC2)c(C)c1. The van der Waals surface area contributed by atoms with Gasteiger partial charge in [-0.1, -0.05) is 236 Å². The van der Waals surface area contributed by atoms with E-state index in [1.807, 2.05) is 4.61 Å². The van der Waals surface area contributed by atoms with Crippen molar-refractivity contribution in [3.63, 3.8) is 0 Å². The standard InChI is InChI=1S/C82H156O.C21H27N2.2ClH.Ru/c1-61(2)83-64-42-41-63(43-62(64)3)82(39,40)60-81(37,38)59-80(35,36)58-79(33,34)57-78(31,32)56-77(29,30)55-76(27,28)54-75(25,26)53-74(23,24)52-73(21,22)51-72(19,20)50-71(17,18)49-70(15,16)48-69(13,14)47-68(11,12)46-67(9,10)45-66(7,8)44-65(4,5)6;1-14-9-16(3)20(17(4)10-14)22-7-8-23(13-22)21-18(5)11-15(2)12-19(21)6;;;/h3,41-43,61H,44-60H2,1-2,4-40H3;9-13H,7-8H2,1-6H3;2*1H;/q;-1;;;+2/p-2. The molecule has 3 aromatic carbocycles. The summed E-state index contributed by atoms with van der Waals surface area (Å²) in [5, 5.41) is 0. The Bertz CT molecular complexity index is 3330. The summed E-state index contributed by atoms with van der Waals surface area (Å²) >= 11 is -2.03. The molecule has 0 saturated carbocycles. The average Bonchev–Trinajstić information content (AvgIpc) is 1.78. The van der Waals surface area contributed by atoms with Gasteiger partial charge in [-0.3, -0.25) is 0 Å². The molecule has 6 heteroatoms. The van der Waals surface area contributed by atoms with Gasteiger partial charge in [-0.2, -0.15) is 6.67 Å². The number of hydrogen-bond acceptors (Lipinski definition) is 3. The smallest absolute Gasteiger partial charge is 0.0146 e. The Hall–Kier alpha value is -1.87. The number of anilines is 2. The Morgan fingerprint density at radius 2 is 0.541 bits per heavy atom. The van der Waals surface area contributed by atoms with Gasteiger partial charge >= 0.3 is 200 Å².